The first-order valence-electron chi connectivity index (χ1n) is 12.7. The van der Waals surface area contributed by atoms with Crippen LogP contribution in [0.3, 0.4) is 0 Å². The summed E-state index contributed by atoms with van der Waals surface area (Å²) < 4.78 is 5.57. The summed E-state index contributed by atoms with van der Waals surface area (Å²) in [6, 6.07) is 31.0. The van der Waals surface area contributed by atoms with Crippen LogP contribution in [0.15, 0.2) is 97.8 Å². The van der Waals surface area contributed by atoms with Gasteiger partial charge in [-0.2, -0.15) is 0 Å². The van der Waals surface area contributed by atoms with Crippen LogP contribution in [0.25, 0.3) is 11.1 Å². The van der Waals surface area contributed by atoms with E-state index in [1.807, 2.05) is 0 Å². The van der Waals surface area contributed by atoms with Crippen LogP contribution in [0.2, 0.25) is 0 Å². The van der Waals surface area contributed by atoms with Crippen molar-refractivity contribution in [3.05, 3.63) is 126 Å². The molecule has 0 fully saturated rings. The first kappa shape index (κ1) is 25.3. The van der Waals surface area contributed by atoms with E-state index >= 15 is 0 Å². The molecule has 0 aromatic heterocycles. The van der Waals surface area contributed by atoms with E-state index in [2.05, 4.69) is 138 Å². The van der Waals surface area contributed by atoms with Gasteiger partial charge in [0.25, 0.3) is 0 Å². The van der Waals surface area contributed by atoms with Gasteiger partial charge in [0.05, 0.1) is 6.26 Å². The molecular formula is C34H37NO. The van der Waals surface area contributed by atoms with Crippen molar-refractivity contribution >= 4 is 17.1 Å². The Hall–Kier alpha value is -3.78. The molecular weight excluding hydrogens is 438 g/mol. The molecule has 0 N–H and O–H groups in total. The Kier molecular flexibility index (Phi) is 7.64. The Morgan fingerprint density at radius 3 is 1.50 bits per heavy atom. The van der Waals surface area contributed by atoms with Crippen molar-refractivity contribution in [2.75, 3.05) is 4.90 Å². The summed E-state index contributed by atoms with van der Waals surface area (Å²) in [5, 5.41) is 0. The van der Waals surface area contributed by atoms with Crippen LogP contribution in [0, 0.1) is 27.7 Å². The average Bonchev–Trinajstić information content (AvgIpc) is 2.88. The van der Waals surface area contributed by atoms with Crippen LogP contribution in [-0.4, -0.2) is 6.10 Å². The lowest BCUT2D eigenvalue weighted by Gasteiger charge is -2.27. The maximum atomic E-state index is 5.57. The van der Waals surface area contributed by atoms with E-state index in [9.17, 15) is 0 Å². The van der Waals surface area contributed by atoms with E-state index in [4.69, 9.17) is 4.74 Å². The number of benzene rings is 4. The van der Waals surface area contributed by atoms with Crippen LogP contribution >= 0.6 is 0 Å². The molecule has 36 heavy (non-hydrogen) atoms. The molecule has 4 aromatic carbocycles. The quantitative estimate of drug-likeness (QED) is 0.235. The molecule has 2 heteroatoms. The molecule has 184 valence electrons. The molecule has 2 atom stereocenters. The zero-order chi connectivity index (χ0) is 25.8. The molecule has 0 radical (unpaired) electrons. The number of hydrogen-bond donors (Lipinski definition) is 0. The maximum absolute atomic E-state index is 5.57. The highest BCUT2D eigenvalue weighted by Crippen LogP contribution is 2.37. The molecule has 0 amide bonds. The first-order chi connectivity index (χ1) is 17.3. The third kappa shape index (κ3) is 5.39. The molecule has 0 heterocycles. The van der Waals surface area contributed by atoms with Crippen LogP contribution in [0.5, 0.6) is 0 Å². The number of nitrogens with zero attached hydrogens (tertiary/aromatic N) is 1. The maximum Gasteiger partial charge on any atom is 0.102 e. The van der Waals surface area contributed by atoms with Gasteiger partial charge >= 0.3 is 0 Å². The summed E-state index contributed by atoms with van der Waals surface area (Å²) in [5.41, 5.74) is 12.3. The Bertz CT molecular complexity index is 1280. The van der Waals surface area contributed by atoms with Gasteiger partial charge in [-0.1, -0.05) is 62.0 Å². The molecule has 0 spiro atoms. The molecule has 4 aromatic rings. The Labute approximate surface area is 216 Å². The Morgan fingerprint density at radius 2 is 1.06 bits per heavy atom. The van der Waals surface area contributed by atoms with Gasteiger partial charge in [-0.3, -0.25) is 0 Å². The van der Waals surface area contributed by atoms with E-state index in [-0.39, 0.29) is 6.10 Å². The SMILES string of the molecule is C=COC(C)C(C)c1ccc(-c2ccc(N(c3ccc(C)c(C)c3)c3ccc(C)c(C)c3)cc2)cc1. The summed E-state index contributed by atoms with van der Waals surface area (Å²) in [4.78, 5) is 2.34. The molecule has 0 aliphatic heterocycles. The van der Waals surface area contributed by atoms with Crippen molar-refractivity contribution in [3.8, 4) is 11.1 Å². The summed E-state index contributed by atoms with van der Waals surface area (Å²) in [5.74, 6) is 0.295. The zero-order valence-electron chi connectivity index (χ0n) is 22.4. The van der Waals surface area contributed by atoms with Crippen molar-refractivity contribution < 1.29 is 4.74 Å². The number of anilines is 3. The largest absolute Gasteiger partial charge is 0.498 e. The number of ether oxygens (including phenoxy) is 1. The van der Waals surface area contributed by atoms with E-state index < -0.39 is 0 Å². The zero-order valence-corrected chi connectivity index (χ0v) is 22.4. The molecule has 0 saturated carbocycles. The van der Waals surface area contributed by atoms with Gasteiger partial charge in [0, 0.05) is 23.0 Å². The lowest BCUT2D eigenvalue weighted by molar-refractivity contribution is 0.140. The highest BCUT2D eigenvalue weighted by atomic mass is 16.5. The van der Waals surface area contributed by atoms with Gasteiger partial charge in [0.1, 0.15) is 6.10 Å². The second kappa shape index (κ2) is 10.9. The predicted octanol–water partition coefficient (Wildman–Crippen LogP) is 9.71. The van der Waals surface area contributed by atoms with Gasteiger partial charge < -0.3 is 9.64 Å². The monoisotopic (exact) mass is 475 g/mol. The Morgan fingerprint density at radius 1 is 0.611 bits per heavy atom. The van der Waals surface area contributed by atoms with Crippen molar-refractivity contribution in [1.29, 1.82) is 0 Å². The fourth-order valence-electron chi connectivity index (χ4n) is 4.50. The van der Waals surface area contributed by atoms with E-state index in [0.717, 1.165) is 5.69 Å². The predicted molar refractivity (Wildman–Crippen MR) is 155 cm³/mol. The van der Waals surface area contributed by atoms with E-state index in [1.54, 1.807) is 0 Å². The topological polar surface area (TPSA) is 12.5 Å². The minimum absolute atomic E-state index is 0.0921. The molecule has 0 aliphatic rings. The van der Waals surface area contributed by atoms with Crippen molar-refractivity contribution in [2.45, 2.75) is 53.6 Å². The van der Waals surface area contributed by atoms with Crippen molar-refractivity contribution in [1.82, 2.24) is 0 Å². The molecule has 0 aliphatic carbocycles. The highest BCUT2D eigenvalue weighted by molar-refractivity contribution is 5.79. The summed E-state index contributed by atoms with van der Waals surface area (Å²) in [6.07, 6.45) is 1.62. The number of aryl methyl sites for hydroxylation is 4. The third-order valence-electron chi connectivity index (χ3n) is 7.41. The normalized spacial score (nSPS) is 12.6. The molecule has 0 bridgehead atoms. The van der Waals surface area contributed by atoms with Gasteiger partial charge in [0.2, 0.25) is 0 Å². The second-order valence-electron chi connectivity index (χ2n) is 9.84. The van der Waals surface area contributed by atoms with Gasteiger partial charge in [0.15, 0.2) is 0 Å². The van der Waals surface area contributed by atoms with Crippen molar-refractivity contribution in [3.63, 3.8) is 0 Å². The molecule has 2 unspecified atom stereocenters. The Balaban J connectivity index is 1.66. The third-order valence-corrected chi connectivity index (χ3v) is 7.41. The van der Waals surface area contributed by atoms with Crippen LogP contribution in [0.1, 0.15) is 47.6 Å². The number of hydrogen-bond acceptors (Lipinski definition) is 2. The number of rotatable bonds is 8. The van der Waals surface area contributed by atoms with Crippen molar-refractivity contribution in [2.24, 2.45) is 0 Å². The smallest absolute Gasteiger partial charge is 0.102 e. The second-order valence-corrected chi connectivity index (χ2v) is 9.84. The van der Waals surface area contributed by atoms with E-state index in [1.165, 1.54) is 56.6 Å². The lowest BCUT2D eigenvalue weighted by atomic mass is 9.94. The van der Waals surface area contributed by atoms with E-state index in [0.29, 0.717) is 5.92 Å². The fourth-order valence-corrected chi connectivity index (χ4v) is 4.50. The average molecular weight is 476 g/mol. The first-order valence-corrected chi connectivity index (χ1v) is 12.7. The van der Waals surface area contributed by atoms with Gasteiger partial charge in [-0.15, -0.1) is 0 Å². The van der Waals surface area contributed by atoms with Crippen LogP contribution in [-0.2, 0) is 4.74 Å². The highest BCUT2D eigenvalue weighted by Gasteiger charge is 2.16. The fraction of sp³-hybridized carbons (Fsp3) is 0.235. The van der Waals surface area contributed by atoms with Crippen LogP contribution < -0.4 is 4.90 Å². The van der Waals surface area contributed by atoms with Gasteiger partial charge in [-0.05, 0) is 110 Å². The van der Waals surface area contributed by atoms with Gasteiger partial charge in [-0.25, -0.2) is 0 Å². The minimum atomic E-state index is 0.0921. The summed E-state index contributed by atoms with van der Waals surface area (Å²) in [6.45, 7) is 16.6. The molecule has 0 saturated heterocycles. The molecule has 2 nitrogen and oxygen atoms in total. The van der Waals surface area contributed by atoms with Crippen LogP contribution in [0.4, 0.5) is 17.1 Å². The molecule has 4 rings (SSSR count). The summed E-state index contributed by atoms with van der Waals surface area (Å²) >= 11 is 0. The minimum Gasteiger partial charge on any atom is -0.498 e. The lowest BCUT2D eigenvalue weighted by Crippen LogP contribution is -2.13. The summed E-state index contributed by atoms with van der Waals surface area (Å²) in [7, 11) is 0. The standard InChI is InChI=1S/C34H37NO/c1-8-36-28(7)27(6)29-11-13-30(14-12-29)31-15-19-32(20-16-31)35(33-17-9-23(2)25(4)21-33)34-18-10-24(3)26(5)22-34/h8-22,27-28H,1H2,2-7H3.